The molecule has 7 nitrogen and oxygen atoms in total. The zero-order chi connectivity index (χ0) is 19.9. The number of benzene rings is 1. The maximum Gasteiger partial charge on any atom is 0.191 e. The van der Waals surface area contributed by atoms with E-state index in [1.165, 1.54) is 11.8 Å². The van der Waals surface area contributed by atoms with Gasteiger partial charge in [0, 0.05) is 44.8 Å². The van der Waals surface area contributed by atoms with Crippen molar-refractivity contribution in [2.45, 2.75) is 39.4 Å². The largest absolute Gasteiger partial charge is 0.354 e. The zero-order valence-electron chi connectivity index (χ0n) is 16.8. The first kappa shape index (κ1) is 24.4. The molecule has 2 rings (SSSR count). The summed E-state index contributed by atoms with van der Waals surface area (Å²) in [6.07, 6.45) is 5.58. The second kappa shape index (κ2) is 11.4. The molecule has 0 bridgehead atoms. The first-order valence-electron chi connectivity index (χ1n) is 8.97. The lowest BCUT2D eigenvalue weighted by Gasteiger charge is -2.18. The van der Waals surface area contributed by atoms with E-state index in [1.807, 2.05) is 26.1 Å². The van der Waals surface area contributed by atoms with Gasteiger partial charge in [0.05, 0.1) is 5.75 Å². The first-order chi connectivity index (χ1) is 12.8. The van der Waals surface area contributed by atoms with Crippen LogP contribution in [0.2, 0.25) is 0 Å². The Bertz CT molecular complexity index is 880. The Morgan fingerprint density at radius 1 is 1.32 bits per heavy atom. The summed E-state index contributed by atoms with van der Waals surface area (Å²) in [6, 6.07) is 8.39. The molecule has 1 unspecified atom stereocenters. The number of nitrogens with one attached hydrogen (secondary N) is 2. The molecule has 1 aromatic heterocycles. The van der Waals surface area contributed by atoms with Gasteiger partial charge in [0.1, 0.15) is 15.7 Å². The minimum absolute atomic E-state index is 0. The molecule has 1 aromatic carbocycles. The first-order valence-corrected chi connectivity index (χ1v) is 11.0. The molecule has 0 fully saturated rings. The molecule has 0 radical (unpaired) electrons. The van der Waals surface area contributed by atoms with Gasteiger partial charge in [-0.15, -0.1) is 24.0 Å². The van der Waals surface area contributed by atoms with Gasteiger partial charge in [-0.3, -0.25) is 4.99 Å². The topological polar surface area (TPSA) is 88.4 Å². The van der Waals surface area contributed by atoms with Crippen molar-refractivity contribution in [2.24, 2.45) is 4.99 Å². The monoisotopic (exact) mass is 519 g/mol. The molecule has 1 atom stereocenters. The van der Waals surface area contributed by atoms with Crippen LogP contribution in [0.5, 0.6) is 0 Å². The lowest BCUT2D eigenvalue weighted by atomic mass is 10.1. The Morgan fingerprint density at radius 2 is 2.04 bits per heavy atom. The van der Waals surface area contributed by atoms with Crippen LogP contribution in [0.15, 0.2) is 41.7 Å². The number of nitrogens with zero attached hydrogens (tertiary/aromatic N) is 3. The molecule has 0 spiro atoms. The molecule has 2 N–H and O–H groups in total. The number of imidazole rings is 1. The fraction of sp³-hybridized carbons (Fsp3) is 0.474. The maximum absolute atomic E-state index is 11.3. The third-order valence-corrected chi connectivity index (χ3v) is 5.23. The number of halogens is 1. The third-order valence-electron chi connectivity index (χ3n) is 4.26. The molecule has 0 saturated carbocycles. The molecule has 0 saturated heterocycles. The Morgan fingerprint density at radius 3 is 2.64 bits per heavy atom. The van der Waals surface area contributed by atoms with Gasteiger partial charge in [-0.25, -0.2) is 13.4 Å². The molecule has 0 aliphatic heterocycles. The summed E-state index contributed by atoms with van der Waals surface area (Å²) in [4.78, 5) is 8.47. The highest BCUT2D eigenvalue weighted by Gasteiger charge is 2.09. The number of hydrogen-bond donors (Lipinski definition) is 2. The van der Waals surface area contributed by atoms with Gasteiger partial charge in [-0.1, -0.05) is 24.3 Å². The van der Waals surface area contributed by atoms with E-state index in [0.29, 0.717) is 18.9 Å². The Kier molecular flexibility index (Phi) is 9.94. The van der Waals surface area contributed by atoms with Crippen molar-refractivity contribution in [3.63, 3.8) is 0 Å². The Labute approximate surface area is 185 Å². The van der Waals surface area contributed by atoms with Crippen LogP contribution in [-0.4, -0.2) is 49.0 Å². The van der Waals surface area contributed by atoms with E-state index in [1.54, 1.807) is 13.2 Å². The van der Waals surface area contributed by atoms with Crippen LogP contribution in [0, 0.1) is 6.92 Å². The predicted octanol–water partition coefficient (Wildman–Crippen LogP) is 2.35. The lowest BCUT2D eigenvalue weighted by molar-refractivity contribution is 0.581. The summed E-state index contributed by atoms with van der Waals surface area (Å²) in [5.74, 6) is 1.81. The van der Waals surface area contributed by atoms with Crippen molar-refractivity contribution < 1.29 is 8.42 Å². The van der Waals surface area contributed by atoms with Crippen LogP contribution in [0.4, 0.5) is 0 Å². The smallest absolute Gasteiger partial charge is 0.191 e. The summed E-state index contributed by atoms with van der Waals surface area (Å²) in [7, 11) is -1.25. The summed E-state index contributed by atoms with van der Waals surface area (Å²) in [5, 5.41) is 6.51. The van der Waals surface area contributed by atoms with Crippen molar-refractivity contribution in [3.8, 4) is 0 Å². The van der Waals surface area contributed by atoms with Gasteiger partial charge >= 0.3 is 0 Å². The predicted molar refractivity (Wildman–Crippen MR) is 125 cm³/mol. The van der Waals surface area contributed by atoms with Crippen LogP contribution >= 0.6 is 24.0 Å². The SMILES string of the molecule is CN=C(NCc1cccc(Cn2ccnc2C)c1)NC(C)CCS(C)(=O)=O.I. The fourth-order valence-corrected chi connectivity index (χ4v) is 3.46. The van der Waals surface area contributed by atoms with Crippen LogP contribution in [0.25, 0.3) is 0 Å². The third kappa shape index (κ3) is 8.59. The standard InChI is InChI=1S/C19H29N5O2S.HI/c1-15(8-11-27(4,25)26)23-19(20-3)22-13-17-6-5-7-18(12-17)14-24-10-9-21-16(24)2;/h5-7,9-10,12,15H,8,11,13-14H2,1-4H3,(H2,20,22,23);1H. The number of rotatable bonds is 8. The van der Waals surface area contributed by atoms with E-state index in [9.17, 15) is 8.42 Å². The fourth-order valence-electron chi connectivity index (χ4n) is 2.68. The highest BCUT2D eigenvalue weighted by atomic mass is 127. The molecule has 28 heavy (non-hydrogen) atoms. The van der Waals surface area contributed by atoms with Crippen LogP contribution < -0.4 is 10.6 Å². The molecule has 0 amide bonds. The van der Waals surface area contributed by atoms with Gasteiger partial charge in [-0.05, 0) is 31.4 Å². The summed E-state index contributed by atoms with van der Waals surface area (Å²) < 4.78 is 24.7. The Hall–Kier alpha value is -1.62. The summed E-state index contributed by atoms with van der Waals surface area (Å²) in [6.45, 7) is 5.36. The quantitative estimate of drug-likeness (QED) is 0.318. The van der Waals surface area contributed by atoms with Crippen molar-refractivity contribution in [1.29, 1.82) is 0 Å². The molecule has 0 aliphatic carbocycles. The molecular weight excluding hydrogens is 489 g/mol. The van der Waals surface area contributed by atoms with Gasteiger partial charge in [-0.2, -0.15) is 0 Å². The molecule has 2 aromatic rings. The van der Waals surface area contributed by atoms with Crippen molar-refractivity contribution >= 4 is 39.8 Å². The van der Waals surface area contributed by atoms with Crippen LogP contribution in [0.1, 0.15) is 30.3 Å². The van der Waals surface area contributed by atoms with Crippen molar-refractivity contribution in [2.75, 3.05) is 19.1 Å². The van der Waals surface area contributed by atoms with Crippen LogP contribution in [-0.2, 0) is 22.9 Å². The highest BCUT2D eigenvalue weighted by Crippen LogP contribution is 2.09. The number of aryl methyl sites for hydroxylation is 1. The van der Waals surface area contributed by atoms with Crippen molar-refractivity contribution in [1.82, 2.24) is 20.2 Å². The second-order valence-electron chi connectivity index (χ2n) is 6.81. The van der Waals surface area contributed by atoms with E-state index in [4.69, 9.17) is 0 Å². The van der Waals surface area contributed by atoms with Gasteiger partial charge in [0.25, 0.3) is 0 Å². The van der Waals surface area contributed by atoms with Crippen LogP contribution in [0.3, 0.4) is 0 Å². The summed E-state index contributed by atoms with van der Waals surface area (Å²) >= 11 is 0. The highest BCUT2D eigenvalue weighted by molar-refractivity contribution is 14.0. The molecular formula is C19H30IN5O2S. The Balaban J connectivity index is 0.00000392. The molecule has 156 valence electrons. The van der Waals surface area contributed by atoms with Gasteiger partial charge in [0.15, 0.2) is 5.96 Å². The average molecular weight is 519 g/mol. The maximum atomic E-state index is 11.3. The van der Waals surface area contributed by atoms with E-state index in [0.717, 1.165) is 17.9 Å². The number of hydrogen-bond acceptors (Lipinski definition) is 4. The van der Waals surface area contributed by atoms with Gasteiger partial charge < -0.3 is 15.2 Å². The molecule has 0 aliphatic rings. The van der Waals surface area contributed by atoms with E-state index >= 15 is 0 Å². The second-order valence-corrected chi connectivity index (χ2v) is 9.07. The van der Waals surface area contributed by atoms with E-state index < -0.39 is 9.84 Å². The number of sulfone groups is 1. The van der Waals surface area contributed by atoms with Gasteiger partial charge in [0.2, 0.25) is 0 Å². The minimum Gasteiger partial charge on any atom is -0.354 e. The van der Waals surface area contributed by atoms with E-state index in [2.05, 4.69) is 43.4 Å². The summed E-state index contributed by atoms with van der Waals surface area (Å²) in [5.41, 5.74) is 2.36. The zero-order valence-corrected chi connectivity index (χ0v) is 20.0. The minimum atomic E-state index is -2.95. The molecule has 9 heteroatoms. The van der Waals surface area contributed by atoms with Crippen molar-refractivity contribution in [3.05, 3.63) is 53.6 Å². The average Bonchev–Trinajstić information content (AvgIpc) is 3.01. The number of aliphatic imine (C=N–C) groups is 1. The van der Waals surface area contributed by atoms with E-state index in [-0.39, 0.29) is 35.8 Å². The number of guanidine groups is 1. The normalized spacial score (nSPS) is 12.9. The number of aromatic nitrogens is 2. The molecule has 1 heterocycles. The lowest BCUT2D eigenvalue weighted by Crippen LogP contribution is -2.42.